The number of carbonyl (C=O) groups is 1. The number of hydrogen-bond donors (Lipinski definition) is 0. The van der Waals surface area contributed by atoms with Crippen molar-refractivity contribution in [1.29, 1.82) is 0 Å². The number of anilines is 1. The first-order valence-electron chi connectivity index (χ1n) is 6.52. The third kappa shape index (κ3) is 2.41. The van der Waals surface area contributed by atoms with Gasteiger partial charge in [0, 0.05) is 18.2 Å². The molecule has 1 aliphatic rings. The Morgan fingerprint density at radius 3 is 2.56 bits per heavy atom. The van der Waals surface area contributed by atoms with Crippen LogP contribution in [-0.4, -0.2) is 24.7 Å². The van der Waals surface area contributed by atoms with E-state index in [1.54, 1.807) is 0 Å². The summed E-state index contributed by atoms with van der Waals surface area (Å²) in [7, 11) is 0. The van der Waals surface area contributed by atoms with Crippen LogP contribution in [0.15, 0.2) is 18.2 Å². The van der Waals surface area contributed by atoms with E-state index in [0.717, 1.165) is 17.7 Å². The van der Waals surface area contributed by atoms with E-state index < -0.39 is 0 Å². The van der Waals surface area contributed by atoms with Crippen molar-refractivity contribution >= 4 is 11.6 Å². The zero-order chi connectivity index (χ0) is 13.3. The summed E-state index contributed by atoms with van der Waals surface area (Å²) >= 11 is 0. The first kappa shape index (κ1) is 13.1. The number of ether oxygens (including phenoxy) is 1. The Labute approximate surface area is 109 Å². The molecular formula is C15H21NO2. The van der Waals surface area contributed by atoms with E-state index >= 15 is 0 Å². The zero-order valence-electron chi connectivity index (χ0n) is 11.6. The predicted octanol–water partition coefficient (Wildman–Crippen LogP) is 2.83. The van der Waals surface area contributed by atoms with Gasteiger partial charge in [0.2, 0.25) is 0 Å². The van der Waals surface area contributed by atoms with Gasteiger partial charge >= 0.3 is 0 Å². The molecule has 1 aliphatic heterocycles. The first-order valence-corrected chi connectivity index (χ1v) is 6.52. The molecule has 1 aromatic carbocycles. The fourth-order valence-electron chi connectivity index (χ4n) is 2.22. The topological polar surface area (TPSA) is 29.5 Å². The van der Waals surface area contributed by atoms with Gasteiger partial charge in [-0.3, -0.25) is 4.79 Å². The van der Waals surface area contributed by atoms with E-state index in [4.69, 9.17) is 4.74 Å². The molecule has 0 aliphatic carbocycles. The Morgan fingerprint density at radius 1 is 1.39 bits per heavy atom. The molecule has 0 spiro atoms. The molecule has 2 rings (SSSR count). The highest BCUT2D eigenvalue weighted by Gasteiger charge is 2.33. The molecule has 18 heavy (non-hydrogen) atoms. The minimum atomic E-state index is -0.243. The smallest absolute Gasteiger partial charge is 0.256 e. The van der Waals surface area contributed by atoms with Crippen molar-refractivity contribution in [1.82, 2.24) is 0 Å². The number of rotatable bonds is 3. The van der Waals surface area contributed by atoms with Crippen LogP contribution in [0.2, 0.25) is 0 Å². The molecule has 1 amide bonds. The molecule has 0 aromatic heterocycles. The maximum Gasteiger partial charge on any atom is 0.256 e. The van der Waals surface area contributed by atoms with Crippen LogP contribution in [0, 0.1) is 13.8 Å². The standard InChI is InChI=1S/C15H21NO2/c1-10(2)16(15(17)14-7-8-18-14)13-9-11(3)5-6-12(13)4/h5-6,9-10,14H,7-8H2,1-4H3/t14-/m1/s1. The third-order valence-corrected chi connectivity index (χ3v) is 3.35. The number of carbonyl (C=O) groups excluding carboxylic acids is 1. The summed E-state index contributed by atoms with van der Waals surface area (Å²) in [6, 6.07) is 6.35. The molecule has 0 radical (unpaired) electrons. The van der Waals surface area contributed by atoms with Gasteiger partial charge in [-0.25, -0.2) is 0 Å². The number of amides is 1. The van der Waals surface area contributed by atoms with E-state index in [1.807, 2.05) is 32.6 Å². The van der Waals surface area contributed by atoms with Crippen LogP contribution < -0.4 is 4.90 Å². The van der Waals surface area contributed by atoms with Crippen molar-refractivity contribution in [3.63, 3.8) is 0 Å². The Hall–Kier alpha value is -1.35. The maximum atomic E-state index is 12.4. The van der Waals surface area contributed by atoms with Gasteiger partial charge in [0.05, 0.1) is 6.61 Å². The molecule has 0 N–H and O–H groups in total. The van der Waals surface area contributed by atoms with Crippen molar-refractivity contribution in [2.24, 2.45) is 0 Å². The fraction of sp³-hybridized carbons (Fsp3) is 0.533. The van der Waals surface area contributed by atoms with Crippen LogP contribution in [-0.2, 0) is 9.53 Å². The quantitative estimate of drug-likeness (QED) is 0.822. The number of nitrogens with zero attached hydrogens (tertiary/aromatic N) is 1. The molecule has 1 atom stereocenters. The van der Waals surface area contributed by atoms with Gasteiger partial charge in [0.15, 0.2) is 0 Å². The summed E-state index contributed by atoms with van der Waals surface area (Å²) in [5, 5.41) is 0. The van der Waals surface area contributed by atoms with E-state index in [0.29, 0.717) is 6.61 Å². The molecule has 3 nitrogen and oxygen atoms in total. The Balaban J connectivity index is 2.34. The van der Waals surface area contributed by atoms with E-state index in [1.165, 1.54) is 5.56 Å². The molecule has 1 saturated heterocycles. The molecular weight excluding hydrogens is 226 g/mol. The Bertz CT molecular complexity index is 450. The van der Waals surface area contributed by atoms with Crippen LogP contribution in [0.25, 0.3) is 0 Å². The third-order valence-electron chi connectivity index (χ3n) is 3.35. The predicted molar refractivity (Wildman–Crippen MR) is 72.9 cm³/mol. The highest BCUT2D eigenvalue weighted by Crippen LogP contribution is 2.26. The molecule has 1 heterocycles. The second-order valence-corrected chi connectivity index (χ2v) is 5.24. The van der Waals surface area contributed by atoms with Crippen molar-refractivity contribution in [2.45, 2.75) is 46.3 Å². The highest BCUT2D eigenvalue weighted by atomic mass is 16.5. The maximum absolute atomic E-state index is 12.4. The van der Waals surface area contributed by atoms with Gasteiger partial charge in [-0.1, -0.05) is 12.1 Å². The average molecular weight is 247 g/mol. The molecule has 0 saturated carbocycles. The van der Waals surface area contributed by atoms with Gasteiger partial charge in [-0.05, 0) is 44.9 Å². The molecule has 3 heteroatoms. The summed E-state index contributed by atoms with van der Waals surface area (Å²) in [4.78, 5) is 14.3. The van der Waals surface area contributed by atoms with Gasteiger partial charge in [0.25, 0.3) is 5.91 Å². The Morgan fingerprint density at radius 2 is 2.06 bits per heavy atom. The lowest BCUT2D eigenvalue weighted by molar-refractivity contribution is -0.142. The summed E-state index contributed by atoms with van der Waals surface area (Å²) in [6.07, 6.45) is 0.597. The second-order valence-electron chi connectivity index (χ2n) is 5.24. The van der Waals surface area contributed by atoms with Gasteiger partial charge in [-0.2, -0.15) is 0 Å². The van der Waals surface area contributed by atoms with Gasteiger partial charge in [0.1, 0.15) is 6.10 Å². The largest absolute Gasteiger partial charge is 0.368 e. The lowest BCUT2D eigenvalue weighted by atomic mass is 10.1. The first-order chi connectivity index (χ1) is 8.50. The molecule has 1 fully saturated rings. The van der Waals surface area contributed by atoms with Crippen molar-refractivity contribution in [2.75, 3.05) is 11.5 Å². The summed E-state index contributed by atoms with van der Waals surface area (Å²) in [6.45, 7) is 8.87. The summed E-state index contributed by atoms with van der Waals surface area (Å²) in [5.41, 5.74) is 3.30. The number of hydrogen-bond acceptors (Lipinski definition) is 2. The van der Waals surface area contributed by atoms with E-state index in [9.17, 15) is 4.79 Å². The monoisotopic (exact) mass is 247 g/mol. The van der Waals surface area contributed by atoms with Gasteiger partial charge in [-0.15, -0.1) is 0 Å². The number of aryl methyl sites for hydroxylation is 2. The minimum Gasteiger partial charge on any atom is -0.368 e. The van der Waals surface area contributed by atoms with Crippen LogP contribution in [0.4, 0.5) is 5.69 Å². The van der Waals surface area contributed by atoms with Crippen molar-refractivity contribution in [3.05, 3.63) is 29.3 Å². The molecule has 0 bridgehead atoms. The van der Waals surface area contributed by atoms with E-state index in [-0.39, 0.29) is 18.1 Å². The van der Waals surface area contributed by atoms with Crippen LogP contribution in [0.5, 0.6) is 0 Å². The number of benzene rings is 1. The summed E-state index contributed by atoms with van der Waals surface area (Å²) < 4.78 is 5.32. The minimum absolute atomic E-state index is 0.0879. The second kappa shape index (κ2) is 5.11. The summed E-state index contributed by atoms with van der Waals surface area (Å²) in [5.74, 6) is 0.0879. The van der Waals surface area contributed by atoms with Crippen LogP contribution in [0.1, 0.15) is 31.4 Å². The molecule has 98 valence electrons. The normalized spacial score (nSPS) is 18.6. The molecule has 0 unspecified atom stereocenters. The van der Waals surface area contributed by atoms with Crippen LogP contribution >= 0.6 is 0 Å². The van der Waals surface area contributed by atoms with Crippen molar-refractivity contribution < 1.29 is 9.53 Å². The fourth-order valence-corrected chi connectivity index (χ4v) is 2.22. The average Bonchev–Trinajstić information content (AvgIpc) is 2.20. The van der Waals surface area contributed by atoms with Crippen LogP contribution in [0.3, 0.4) is 0 Å². The molecule has 1 aromatic rings. The zero-order valence-corrected chi connectivity index (χ0v) is 11.6. The lowest BCUT2D eigenvalue weighted by Gasteiger charge is -2.35. The van der Waals surface area contributed by atoms with Crippen molar-refractivity contribution in [3.8, 4) is 0 Å². The van der Waals surface area contributed by atoms with Gasteiger partial charge < -0.3 is 9.64 Å². The Kier molecular flexibility index (Phi) is 3.71. The van der Waals surface area contributed by atoms with E-state index in [2.05, 4.69) is 18.2 Å². The SMILES string of the molecule is Cc1ccc(C)c(N(C(=O)[C@H]2CCO2)C(C)C)c1. The lowest BCUT2D eigenvalue weighted by Crippen LogP contribution is -2.48. The highest BCUT2D eigenvalue weighted by molar-refractivity contribution is 5.98.